The number of ether oxygens (including phenoxy) is 1. The van der Waals surface area contributed by atoms with Crippen LogP contribution in [0.2, 0.25) is 0 Å². The number of hydrogen-bond acceptors (Lipinski definition) is 2. The Morgan fingerprint density at radius 3 is 1.08 bits per heavy atom. The van der Waals surface area contributed by atoms with Crippen LogP contribution in [0.5, 0.6) is 0 Å². The van der Waals surface area contributed by atoms with E-state index < -0.39 is 5.79 Å². The maximum absolute atomic E-state index is 10.3. The molecule has 0 heterocycles. The molecule has 2 nitrogen and oxygen atoms in total. The maximum Gasteiger partial charge on any atom is 0.174 e. The molecule has 1 N–H and O–H groups in total. The van der Waals surface area contributed by atoms with E-state index in [2.05, 4.69) is 0 Å². The summed E-state index contributed by atoms with van der Waals surface area (Å²) in [5, 5.41) is 10.3. The van der Waals surface area contributed by atoms with Crippen LogP contribution >= 0.6 is 0 Å². The molecule has 0 spiro atoms. The molecule has 0 atom stereocenters. The lowest BCUT2D eigenvalue weighted by Gasteiger charge is -2.47. The van der Waals surface area contributed by atoms with E-state index in [-0.39, 0.29) is 10.8 Å². The molecule has 0 saturated carbocycles. The van der Waals surface area contributed by atoms with E-state index in [1.165, 1.54) is 0 Å². The van der Waals surface area contributed by atoms with E-state index >= 15 is 0 Å². The highest BCUT2D eigenvalue weighted by Gasteiger charge is 2.49. The minimum Gasteiger partial charge on any atom is -0.365 e. The molecule has 0 rings (SSSR count). The first-order chi connectivity index (χ1) is 5.06. The van der Waals surface area contributed by atoms with Gasteiger partial charge in [0.15, 0.2) is 5.79 Å². The maximum atomic E-state index is 10.3. The van der Waals surface area contributed by atoms with Crippen LogP contribution in [0.25, 0.3) is 0 Å². The van der Waals surface area contributed by atoms with Crippen molar-refractivity contribution in [2.75, 3.05) is 7.11 Å². The Hall–Kier alpha value is -0.0800. The molecule has 0 aromatic carbocycles. The first-order valence-corrected chi connectivity index (χ1v) is 4.34. The van der Waals surface area contributed by atoms with Crippen molar-refractivity contribution in [3.8, 4) is 0 Å². The first kappa shape index (κ1) is 11.9. The number of methoxy groups -OCH3 is 1. The van der Waals surface area contributed by atoms with Crippen molar-refractivity contribution in [1.82, 2.24) is 0 Å². The van der Waals surface area contributed by atoms with Crippen molar-refractivity contribution in [3.63, 3.8) is 0 Å². The van der Waals surface area contributed by atoms with Crippen molar-refractivity contribution in [2.45, 2.75) is 47.3 Å². The Morgan fingerprint density at radius 2 is 1.08 bits per heavy atom. The van der Waals surface area contributed by atoms with Gasteiger partial charge in [-0.2, -0.15) is 0 Å². The lowest BCUT2D eigenvalue weighted by Crippen LogP contribution is -2.54. The second kappa shape index (κ2) is 3.00. The number of hydrogen-bond donors (Lipinski definition) is 1. The molecular weight excluding hydrogens is 152 g/mol. The molecule has 0 aliphatic heterocycles. The van der Waals surface area contributed by atoms with E-state index in [1.54, 1.807) is 7.11 Å². The lowest BCUT2D eigenvalue weighted by molar-refractivity contribution is -0.301. The summed E-state index contributed by atoms with van der Waals surface area (Å²) in [6, 6.07) is 0. The molecule has 2 heteroatoms. The summed E-state index contributed by atoms with van der Waals surface area (Å²) in [7, 11) is 1.55. The Kier molecular flexibility index (Phi) is 2.98. The molecular formula is C10H22O2. The predicted octanol–water partition coefficient (Wildman–Crippen LogP) is 2.41. The number of rotatable bonds is 1. The normalized spacial score (nSPS) is 15.0. The van der Waals surface area contributed by atoms with E-state index in [0.717, 1.165) is 0 Å². The van der Waals surface area contributed by atoms with Crippen molar-refractivity contribution >= 4 is 0 Å². The minimum absolute atomic E-state index is 0.278. The third-order valence-electron chi connectivity index (χ3n) is 2.33. The second-order valence-electron chi connectivity index (χ2n) is 5.35. The summed E-state index contributed by atoms with van der Waals surface area (Å²) >= 11 is 0. The van der Waals surface area contributed by atoms with Gasteiger partial charge in [-0.25, -0.2) is 0 Å². The summed E-state index contributed by atoms with van der Waals surface area (Å²) in [5.74, 6) is -1.08. The summed E-state index contributed by atoms with van der Waals surface area (Å²) in [5.41, 5.74) is -0.556. The van der Waals surface area contributed by atoms with Crippen LogP contribution in [0.15, 0.2) is 0 Å². The van der Waals surface area contributed by atoms with Crippen LogP contribution in [-0.4, -0.2) is 18.0 Å². The van der Waals surface area contributed by atoms with Crippen LogP contribution in [0, 0.1) is 10.8 Å². The fourth-order valence-electron chi connectivity index (χ4n) is 1.74. The average molecular weight is 174 g/mol. The van der Waals surface area contributed by atoms with Gasteiger partial charge in [-0.05, 0) is 0 Å². The topological polar surface area (TPSA) is 29.5 Å². The lowest BCUT2D eigenvalue weighted by atomic mass is 9.70. The van der Waals surface area contributed by atoms with Crippen LogP contribution in [-0.2, 0) is 4.74 Å². The van der Waals surface area contributed by atoms with Crippen molar-refractivity contribution in [3.05, 3.63) is 0 Å². The van der Waals surface area contributed by atoms with E-state index in [1.807, 2.05) is 41.5 Å². The predicted molar refractivity (Wildman–Crippen MR) is 50.9 cm³/mol. The molecule has 0 amide bonds. The quantitative estimate of drug-likeness (QED) is 0.619. The zero-order chi connectivity index (χ0) is 10.2. The third kappa shape index (κ3) is 1.80. The van der Waals surface area contributed by atoms with Gasteiger partial charge in [0.25, 0.3) is 0 Å². The molecule has 0 aromatic rings. The van der Waals surface area contributed by atoms with Gasteiger partial charge >= 0.3 is 0 Å². The van der Waals surface area contributed by atoms with Crippen molar-refractivity contribution in [1.29, 1.82) is 0 Å². The summed E-state index contributed by atoms with van der Waals surface area (Å²) in [6.07, 6.45) is 0. The zero-order valence-electron chi connectivity index (χ0n) is 9.36. The van der Waals surface area contributed by atoms with Crippen molar-refractivity contribution < 1.29 is 9.84 Å². The molecule has 0 aromatic heterocycles. The highest BCUT2D eigenvalue weighted by Crippen LogP contribution is 2.43. The zero-order valence-corrected chi connectivity index (χ0v) is 9.36. The molecule has 0 bridgehead atoms. The van der Waals surface area contributed by atoms with Gasteiger partial charge in [-0.1, -0.05) is 41.5 Å². The van der Waals surface area contributed by atoms with Gasteiger partial charge in [0.05, 0.1) is 0 Å². The molecule has 0 fully saturated rings. The second-order valence-corrected chi connectivity index (χ2v) is 5.35. The molecule has 0 saturated heterocycles. The minimum atomic E-state index is -1.08. The van der Waals surface area contributed by atoms with Gasteiger partial charge in [-0.3, -0.25) is 0 Å². The number of aliphatic hydroxyl groups is 1. The largest absolute Gasteiger partial charge is 0.365 e. The van der Waals surface area contributed by atoms with Crippen LogP contribution in [0.1, 0.15) is 41.5 Å². The van der Waals surface area contributed by atoms with Crippen LogP contribution in [0.4, 0.5) is 0 Å². The molecule has 0 unspecified atom stereocenters. The Labute approximate surface area is 75.9 Å². The molecule has 0 aliphatic carbocycles. The van der Waals surface area contributed by atoms with E-state index in [4.69, 9.17) is 4.74 Å². The fourth-order valence-corrected chi connectivity index (χ4v) is 1.74. The first-order valence-electron chi connectivity index (χ1n) is 4.34. The molecule has 74 valence electrons. The Balaban J connectivity index is 4.95. The molecule has 0 aliphatic rings. The summed E-state index contributed by atoms with van der Waals surface area (Å²) < 4.78 is 5.22. The van der Waals surface area contributed by atoms with Gasteiger partial charge in [-0.15, -0.1) is 0 Å². The summed E-state index contributed by atoms with van der Waals surface area (Å²) in [6.45, 7) is 11.8. The van der Waals surface area contributed by atoms with Gasteiger partial charge in [0.2, 0.25) is 0 Å². The monoisotopic (exact) mass is 174 g/mol. The van der Waals surface area contributed by atoms with Gasteiger partial charge in [0, 0.05) is 17.9 Å². The van der Waals surface area contributed by atoms with Crippen LogP contribution < -0.4 is 0 Å². The fraction of sp³-hybridized carbons (Fsp3) is 1.00. The smallest absolute Gasteiger partial charge is 0.174 e. The Bertz CT molecular complexity index is 134. The summed E-state index contributed by atoms with van der Waals surface area (Å²) in [4.78, 5) is 0. The SMILES string of the molecule is COC(O)(C(C)(C)C)C(C)(C)C. The Morgan fingerprint density at radius 1 is 0.833 bits per heavy atom. The average Bonchev–Trinajstić information content (AvgIpc) is 1.81. The van der Waals surface area contributed by atoms with Gasteiger partial charge in [0.1, 0.15) is 0 Å². The highest BCUT2D eigenvalue weighted by atomic mass is 16.6. The van der Waals surface area contributed by atoms with Crippen LogP contribution in [0.3, 0.4) is 0 Å². The highest BCUT2D eigenvalue weighted by molar-refractivity contribution is 4.91. The van der Waals surface area contributed by atoms with E-state index in [0.29, 0.717) is 0 Å². The van der Waals surface area contributed by atoms with Crippen molar-refractivity contribution in [2.24, 2.45) is 10.8 Å². The molecule has 0 radical (unpaired) electrons. The molecule has 12 heavy (non-hydrogen) atoms. The van der Waals surface area contributed by atoms with E-state index in [9.17, 15) is 5.11 Å². The van der Waals surface area contributed by atoms with Gasteiger partial charge < -0.3 is 9.84 Å². The third-order valence-corrected chi connectivity index (χ3v) is 2.33. The standard InChI is InChI=1S/C10H22O2/c1-8(2,3)10(11,12-7)9(4,5)6/h11H,1-7H3.